The average Bonchev–Trinajstić information content (AvgIpc) is 2.43. The van der Waals surface area contributed by atoms with Crippen molar-refractivity contribution in [2.75, 3.05) is 0 Å². The van der Waals surface area contributed by atoms with E-state index >= 15 is 0 Å². The number of aliphatic hydroxyl groups is 1. The first kappa shape index (κ1) is 11.4. The van der Waals surface area contributed by atoms with Crippen molar-refractivity contribution in [3.63, 3.8) is 0 Å². The molecule has 0 fully saturated rings. The molecule has 1 atom stereocenters. The van der Waals surface area contributed by atoms with E-state index in [1.54, 1.807) is 0 Å². The van der Waals surface area contributed by atoms with Crippen LogP contribution in [0.4, 0.5) is 0 Å². The van der Waals surface area contributed by atoms with Gasteiger partial charge in [-0.15, -0.1) is 0 Å². The van der Waals surface area contributed by atoms with Crippen LogP contribution < -0.4 is 0 Å². The van der Waals surface area contributed by atoms with Gasteiger partial charge in [0.25, 0.3) is 0 Å². The Balaban J connectivity index is 2.35. The quantitative estimate of drug-likeness (QED) is 0.760. The largest absolute Gasteiger partial charge is 0.389 e. The van der Waals surface area contributed by atoms with Gasteiger partial charge in [-0.1, -0.05) is 36.3 Å². The molecule has 0 saturated heterocycles. The van der Waals surface area contributed by atoms with E-state index in [4.69, 9.17) is 0 Å². The minimum absolute atomic E-state index is 0.252. The lowest BCUT2D eigenvalue weighted by molar-refractivity contribution is 0.211. The third-order valence-electron chi connectivity index (χ3n) is 3.32. The monoisotopic (exact) mass is 216 g/mol. The van der Waals surface area contributed by atoms with Crippen molar-refractivity contribution >= 4 is 5.57 Å². The van der Waals surface area contributed by atoms with E-state index in [1.807, 2.05) is 6.08 Å². The Labute approximate surface area is 97.8 Å². The number of aryl methyl sites for hydroxylation is 2. The molecule has 0 aromatic heterocycles. The van der Waals surface area contributed by atoms with Gasteiger partial charge in [-0.05, 0) is 49.8 Å². The molecule has 0 heterocycles. The van der Waals surface area contributed by atoms with Crippen LogP contribution in [0.5, 0.6) is 0 Å². The molecule has 1 aliphatic rings. The van der Waals surface area contributed by atoms with Crippen molar-refractivity contribution in [3.8, 4) is 0 Å². The fourth-order valence-electron chi connectivity index (χ4n) is 2.47. The fourth-order valence-corrected chi connectivity index (χ4v) is 2.47. The number of hydrogen-bond donors (Lipinski definition) is 1. The van der Waals surface area contributed by atoms with Gasteiger partial charge in [0, 0.05) is 0 Å². The summed E-state index contributed by atoms with van der Waals surface area (Å²) in [4.78, 5) is 0. The Morgan fingerprint density at radius 1 is 1.19 bits per heavy atom. The molecule has 0 spiro atoms. The molecule has 1 unspecified atom stereocenters. The van der Waals surface area contributed by atoms with Crippen LogP contribution in [0.2, 0.25) is 0 Å². The second-order valence-corrected chi connectivity index (χ2v) is 4.82. The lowest BCUT2D eigenvalue weighted by Gasteiger charge is -2.11. The number of hydrogen-bond acceptors (Lipinski definition) is 1. The van der Waals surface area contributed by atoms with E-state index in [1.165, 1.54) is 28.7 Å². The van der Waals surface area contributed by atoms with Crippen LogP contribution in [-0.4, -0.2) is 11.2 Å². The summed E-state index contributed by atoms with van der Waals surface area (Å²) in [7, 11) is 0. The molecule has 1 N–H and O–H groups in total. The molecule has 0 bridgehead atoms. The van der Waals surface area contributed by atoms with Gasteiger partial charge < -0.3 is 5.11 Å². The van der Waals surface area contributed by atoms with E-state index in [9.17, 15) is 5.11 Å². The summed E-state index contributed by atoms with van der Waals surface area (Å²) in [6, 6.07) is 6.56. The minimum Gasteiger partial charge on any atom is -0.389 e. The molecule has 16 heavy (non-hydrogen) atoms. The number of rotatable bonds is 1. The number of aliphatic hydroxyl groups excluding tert-OH is 1. The molecule has 0 saturated carbocycles. The summed E-state index contributed by atoms with van der Waals surface area (Å²) in [5.74, 6) is 0. The average molecular weight is 216 g/mol. The van der Waals surface area contributed by atoms with E-state index in [2.05, 4.69) is 32.0 Å². The van der Waals surface area contributed by atoms with Crippen LogP contribution in [0.25, 0.3) is 5.57 Å². The van der Waals surface area contributed by atoms with Crippen molar-refractivity contribution in [2.45, 2.75) is 45.6 Å². The summed E-state index contributed by atoms with van der Waals surface area (Å²) < 4.78 is 0. The maximum Gasteiger partial charge on any atom is 0.0726 e. The van der Waals surface area contributed by atoms with E-state index in [0.29, 0.717) is 0 Å². The predicted molar refractivity (Wildman–Crippen MR) is 68.4 cm³/mol. The summed E-state index contributed by atoms with van der Waals surface area (Å²) in [5, 5.41) is 9.79. The Kier molecular flexibility index (Phi) is 3.45. The highest BCUT2D eigenvalue weighted by Gasteiger charge is 2.12. The van der Waals surface area contributed by atoms with Crippen LogP contribution >= 0.6 is 0 Å². The van der Waals surface area contributed by atoms with Crippen LogP contribution in [0.3, 0.4) is 0 Å². The molecule has 1 aromatic rings. The number of benzene rings is 1. The first-order chi connectivity index (χ1) is 7.66. The Bertz CT molecular complexity index is 404. The molecule has 1 aromatic carbocycles. The van der Waals surface area contributed by atoms with Crippen molar-refractivity contribution in [2.24, 2.45) is 0 Å². The van der Waals surface area contributed by atoms with Crippen molar-refractivity contribution < 1.29 is 5.11 Å². The van der Waals surface area contributed by atoms with E-state index < -0.39 is 0 Å². The Morgan fingerprint density at radius 3 is 2.75 bits per heavy atom. The van der Waals surface area contributed by atoms with Crippen LogP contribution in [0.15, 0.2) is 24.3 Å². The molecule has 2 rings (SSSR count). The van der Waals surface area contributed by atoms with Gasteiger partial charge in [-0.25, -0.2) is 0 Å². The number of allylic oxidation sites excluding steroid dienone is 1. The summed E-state index contributed by atoms with van der Waals surface area (Å²) in [6.45, 7) is 4.27. The molecule has 86 valence electrons. The van der Waals surface area contributed by atoms with Crippen LogP contribution in [0, 0.1) is 13.8 Å². The van der Waals surface area contributed by atoms with Gasteiger partial charge in [0.05, 0.1) is 6.10 Å². The smallest absolute Gasteiger partial charge is 0.0726 e. The zero-order valence-corrected chi connectivity index (χ0v) is 10.2. The highest BCUT2D eigenvalue weighted by atomic mass is 16.3. The van der Waals surface area contributed by atoms with Gasteiger partial charge in [-0.3, -0.25) is 0 Å². The highest BCUT2D eigenvalue weighted by molar-refractivity contribution is 5.69. The second-order valence-electron chi connectivity index (χ2n) is 4.82. The molecule has 1 nitrogen and oxygen atoms in total. The first-order valence-corrected chi connectivity index (χ1v) is 6.13. The predicted octanol–water partition coefficient (Wildman–Crippen LogP) is 3.62. The molecule has 0 aliphatic heterocycles. The molecule has 0 radical (unpaired) electrons. The molecular formula is C15H20O. The molecule has 1 heteroatoms. The van der Waals surface area contributed by atoms with Crippen molar-refractivity contribution in [3.05, 3.63) is 41.0 Å². The summed E-state index contributed by atoms with van der Waals surface area (Å²) in [6.07, 6.45) is 6.13. The van der Waals surface area contributed by atoms with E-state index in [0.717, 1.165) is 19.3 Å². The third kappa shape index (κ3) is 2.53. The topological polar surface area (TPSA) is 20.2 Å². The highest BCUT2D eigenvalue weighted by Crippen LogP contribution is 2.28. The Morgan fingerprint density at radius 2 is 2.00 bits per heavy atom. The third-order valence-corrected chi connectivity index (χ3v) is 3.32. The first-order valence-electron chi connectivity index (χ1n) is 6.13. The van der Waals surface area contributed by atoms with Crippen LogP contribution in [0.1, 0.15) is 42.4 Å². The van der Waals surface area contributed by atoms with E-state index in [-0.39, 0.29) is 6.10 Å². The fraction of sp³-hybridized carbons (Fsp3) is 0.467. The molecule has 0 amide bonds. The lowest BCUT2D eigenvalue weighted by atomic mass is 9.95. The standard InChI is InChI=1S/C15H20O/c1-11-7-8-15(12(2)9-11)13-5-3-4-6-14(16)10-13/h7-10,14,16H,3-6H2,1-2H3. The normalized spacial score (nSPS) is 21.4. The maximum atomic E-state index is 9.79. The lowest BCUT2D eigenvalue weighted by Crippen LogP contribution is -2.00. The summed E-state index contributed by atoms with van der Waals surface area (Å²) >= 11 is 0. The van der Waals surface area contributed by atoms with Gasteiger partial charge in [0.15, 0.2) is 0 Å². The zero-order chi connectivity index (χ0) is 11.5. The van der Waals surface area contributed by atoms with Gasteiger partial charge in [-0.2, -0.15) is 0 Å². The minimum atomic E-state index is -0.252. The van der Waals surface area contributed by atoms with Crippen LogP contribution in [-0.2, 0) is 0 Å². The molecule has 1 aliphatic carbocycles. The Hall–Kier alpha value is -1.08. The summed E-state index contributed by atoms with van der Waals surface area (Å²) in [5.41, 5.74) is 5.26. The molecular weight excluding hydrogens is 196 g/mol. The maximum absolute atomic E-state index is 9.79. The van der Waals surface area contributed by atoms with Crippen molar-refractivity contribution in [1.29, 1.82) is 0 Å². The van der Waals surface area contributed by atoms with Gasteiger partial charge in [0.1, 0.15) is 0 Å². The zero-order valence-electron chi connectivity index (χ0n) is 10.2. The van der Waals surface area contributed by atoms with Gasteiger partial charge in [0.2, 0.25) is 0 Å². The SMILES string of the molecule is Cc1ccc(C2=CC(O)CCCC2)c(C)c1. The van der Waals surface area contributed by atoms with Gasteiger partial charge >= 0.3 is 0 Å². The van der Waals surface area contributed by atoms with Crippen molar-refractivity contribution in [1.82, 2.24) is 0 Å². The second kappa shape index (κ2) is 4.84.